The van der Waals surface area contributed by atoms with Crippen molar-refractivity contribution in [1.29, 1.82) is 0 Å². The number of ether oxygens (including phenoxy) is 2. The standard InChI is InChI=1S/C20H27NOSi.C20H27NSi.C19H25NSi.C18H21NO.C18H21N.C17H19N/c1-13-15-8-6-7-9-16(15)20-19(13)17-12-14(22-2)10-11-18(17)21(20)23(3,4)5;1-13-10-11-18-17(12-13)19-14(2)15-8-6-7-9-16(15)20(19)21(18)22(3,4)5;1-13-14-9-5-6-10-15(14)19-18(13)16-11-7-8-12-17(16)20(19)21(2,3)4;1-11-13-6-4-5-7-14(13)18-17(11)15-10-12(20-3)8-9-16(15)19(18)2;1-11-8-9-16-15(10-11)17-12(2)13-6-4-5-7-14(13)18(17)19(16)3;1-11-12-7-3-4-8-13(12)17-16(11)14-9-5-6-10-15(14)18(17)2/h6-13,15-16,19-20H,1-5H3;6-12,14-16,19-20H,1-5H3;5-15,18-19H,1-4H3;4-11,13-14,17-18H,1-3H3;4-10,12-14,17-18H,1-3H3;3-13,16-17H,1-2H3. The molecule has 30 unspecified atom stereocenters. The maximum absolute atomic E-state index is 5.53. The molecule has 0 spiro atoms. The van der Waals surface area contributed by atoms with Crippen LogP contribution in [0.2, 0.25) is 58.9 Å². The van der Waals surface area contributed by atoms with Gasteiger partial charge in [-0.2, -0.15) is 0 Å². The molecule has 0 saturated heterocycles. The second kappa shape index (κ2) is 32.0. The Morgan fingerprint density at radius 3 is 0.772 bits per heavy atom. The number of rotatable bonds is 5. The Morgan fingerprint density at radius 2 is 0.447 bits per heavy atom. The van der Waals surface area contributed by atoms with Crippen LogP contribution in [-0.2, 0) is 0 Å². The lowest BCUT2D eigenvalue weighted by Crippen LogP contribution is -2.52. The van der Waals surface area contributed by atoms with Gasteiger partial charge in [-0.3, -0.25) is 0 Å². The van der Waals surface area contributed by atoms with Crippen LogP contribution in [0.5, 0.6) is 11.5 Å². The van der Waals surface area contributed by atoms with Gasteiger partial charge in [-0.15, -0.1) is 0 Å². The molecule has 6 saturated carbocycles. The minimum Gasteiger partial charge on any atom is -0.497 e. The molecule has 6 aromatic carbocycles. The summed E-state index contributed by atoms with van der Waals surface area (Å²) in [6.07, 6.45) is 56.2. The quantitative estimate of drug-likeness (QED) is 0.158. The third-order valence-corrected chi connectivity index (χ3v) is 40.1. The van der Waals surface area contributed by atoms with E-state index in [0.717, 1.165) is 52.9 Å². The van der Waals surface area contributed by atoms with Crippen LogP contribution in [0.4, 0.5) is 34.1 Å². The van der Waals surface area contributed by atoms with Crippen LogP contribution in [0, 0.1) is 120 Å². The van der Waals surface area contributed by atoms with Crippen LogP contribution in [0.15, 0.2) is 267 Å². The lowest BCUT2D eigenvalue weighted by Gasteiger charge is -2.41. The van der Waals surface area contributed by atoms with Crippen molar-refractivity contribution in [3.8, 4) is 11.5 Å². The molecule has 6 aromatic rings. The highest BCUT2D eigenvalue weighted by Crippen LogP contribution is 2.66. The fraction of sp³-hybridized carbons (Fsp3) is 0.464. The highest BCUT2D eigenvalue weighted by atomic mass is 28.3. The van der Waals surface area contributed by atoms with Gasteiger partial charge in [0.2, 0.25) is 0 Å². The third kappa shape index (κ3) is 13.6. The minimum absolute atomic E-state index is 0.596. The van der Waals surface area contributed by atoms with Gasteiger partial charge < -0.3 is 37.9 Å². The molecule has 0 N–H and O–H groups in total. The molecule has 0 aromatic heterocycles. The number of methoxy groups -OCH3 is 2. The molecule has 12 aliphatic carbocycles. The first-order chi connectivity index (χ1) is 59.0. The SMILES string of the molecule is CC1C2C=CC=CC2C2C1c1ccccc1N2C.CC1C2C=CC=CC2C2C1c1ccccc1N2[Si](C)(C)C.COc1ccc2c(c1)C1C(C)C3C=CC=CC3C1N2C.COc1ccc2c(c1)C1C(C)C3C=CC=CC3C1N2[Si](C)(C)C.Cc1ccc2c(c1)C1C(C)C3C=CC=CC3C1N2C.Cc1ccc2c(c1)C1C(C)C3C=CC=CC3C1N2[Si](C)(C)C. The lowest BCUT2D eigenvalue weighted by atomic mass is 9.83. The van der Waals surface area contributed by atoms with Gasteiger partial charge in [0.1, 0.15) is 36.2 Å². The summed E-state index contributed by atoms with van der Waals surface area (Å²) < 4.78 is 19.5. The van der Waals surface area contributed by atoms with Crippen LogP contribution < -0.4 is 37.9 Å². The zero-order valence-corrected chi connectivity index (χ0v) is 80.7. The highest BCUT2D eigenvalue weighted by molar-refractivity contribution is 6.81. The van der Waals surface area contributed by atoms with E-state index in [1.54, 1.807) is 36.5 Å². The van der Waals surface area contributed by atoms with Crippen molar-refractivity contribution in [1.82, 2.24) is 0 Å². The molecule has 30 atom stereocenters. The Balaban J connectivity index is 0.0000000971. The van der Waals surface area contributed by atoms with E-state index in [4.69, 9.17) is 9.47 Å². The molecular formula is C112H140N6O2Si3. The fourth-order valence-corrected chi connectivity index (χ4v) is 35.8. The number of nitrogens with zero attached hydrogens (tertiary/aromatic N) is 6. The molecule has 642 valence electrons. The van der Waals surface area contributed by atoms with E-state index in [1.807, 2.05) is 0 Å². The number of hydrogen-bond acceptors (Lipinski definition) is 8. The number of hydrogen-bond donors (Lipinski definition) is 0. The lowest BCUT2D eigenvalue weighted by molar-refractivity contribution is 0.410. The van der Waals surface area contributed by atoms with Crippen LogP contribution in [0.25, 0.3) is 0 Å². The summed E-state index contributed by atoms with van der Waals surface area (Å²) in [5, 5.41) is 0. The first-order valence-electron chi connectivity index (χ1n) is 47.4. The first-order valence-corrected chi connectivity index (χ1v) is 57.8. The number of aryl methyl sites for hydroxylation is 2. The van der Waals surface area contributed by atoms with Gasteiger partial charge in [-0.25, -0.2) is 0 Å². The van der Waals surface area contributed by atoms with Gasteiger partial charge in [0, 0.05) is 163 Å². The van der Waals surface area contributed by atoms with Crippen molar-refractivity contribution in [2.24, 2.45) is 107 Å². The molecule has 123 heavy (non-hydrogen) atoms. The Morgan fingerprint density at radius 1 is 0.236 bits per heavy atom. The monoisotopic (exact) mass is 1690 g/mol. The zero-order chi connectivity index (χ0) is 86.0. The predicted octanol–water partition coefficient (Wildman–Crippen LogP) is 25.8. The maximum atomic E-state index is 5.53. The maximum Gasteiger partial charge on any atom is 0.147 e. The molecule has 6 aliphatic heterocycles. The first kappa shape index (κ1) is 83.8. The number of benzene rings is 6. The Kier molecular flexibility index (Phi) is 21.8. The van der Waals surface area contributed by atoms with Crippen LogP contribution in [0.3, 0.4) is 0 Å². The van der Waals surface area contributed by atoms with Crippen molar-refractivity contribution in [2.45, 2.75) is 186 Å². The van der Waals surface area contributed by atoms with E-state index in [9.17, 15) is 0 Å². The molecule has 8 nitrogen and oxygen atoms in total. The molecule has 18 aliphatic rings. The van der Waals surface area contributed by atoms with Crippen LogP contribution >= 0.6 is 0 Å². The number of fused-ring (bicyclic) bond motifs is 30. The van der Waals surface area contributed by atoms with Crippen molar-refractivity contribution >= 4 is 58.8 Å². The van der Waals surface area contributed by atoms with Crippen LogP contribution in [0.1, 0.15) is 122 Å². The van der Waals surface area contributed by atoms with Gasteiger partial charge in [-0.05, 0) is 179 Å². The smallest absolute Gasteiger partial charge is 0.147 e. The molecular weight excluding hydrogens is 1550 g/mol. The van der Waals surface area contributed by atoms with Crippen molar-refractivity contribution in [2.75, 3.05) is 63.8 Å². The number of para-hydroxylation sites is 2. The van der Waals surface area contributed by atoms with Crippen molar-refractivity contribution < 1.29 is 9.47 Å². The zero-order valence-electron chi connectivity index (χ0n) is 77.7. The normalized spacial score (nSPS) is 36.7. The third-order valence-electron chi connectivity index (χ3n) is 34.1. The molecule has 0 amide bonds. The van der Waals surface area contributed by atoms with E-state index in [1.165, 1.54) is 56.4 Å². The number of anilines is 6. The van der Waals surface area contributed by atoms with Crippen molar-refractivity contribution in [3.63, 3.8) is 0 Å². The molecule has 6 heterocycles. The minimum atomic E-state index is -1.46. The molecule has 0 bridgehead atoms. The predicted molar refractivity (Wildman–Crippen MR) is 530 cm³/mol. The van der Waals surface area contributed by atoms with Gasteiger partial charge >= 0.3 is 0 Å². The molecule has 11 heteroatoms. The largest absolute Gasteiger partial charge is 0.497 e. The summed E-state index contributed by atoms with van der Waals surface area (Å²) in [4.78, 5) is 7.54. The van der Waals surface area contributed by atoms with E-state index in [2.05, 4.69) is 431 Å². The van der Waals surface area contributed by atoms with E-state index < -0.39 is 24.7 Å². The summed E-state index contributed by atoms with van der Waals surface area (Å²) in [5.41, 5.74) is 21.0. The average molecular weight is 1690 g/mol. The molecule has 24 rings (SSSR count). The number of likely N-dealkylation sites (N-methyl/N-ethyl adjacent to an activating group) is 3. The van der Waals surface area contributed by atoms with Gasteiger partial charge in [-0.1, -0.05) is 318 Å². The second-order valence-electron chi connectivity index (χ2n) is 43.3. The van der Waals surface area contributed by atoms with E-state index >= 15 is 0 Å². The summed E-state index contributed by atoms with van der Waals surface area (Å²) in [6, 6.07) is 49.4. The number of allylic oxidation sites excluding steroid dienone is 18. The van der Waals surface area contributed by atoms with E-state index in [0.29, 0.717) is 137 Å². The topological polar surface area (TPSA) is 37.9 Å². The Labute approximate surface area is 742 Å². The summed E-state index contributed by atoms with van der Waals surface area (Å²) in [7, 11) is 6.06. The highest BCUT2D eigenvalue weighted by Gasteiger charge is 2.62. The van der Waals surface area contributed by atoms with Gasteiger partial charge in [0.25, 0.3) is 0 Å². The van der Waals surface area contributed by atoms with Gasteiger partial charge in [0.05, 0.1) is 14.2 Å². The Bertz CT molecular complexity index is 5420. The van der Waals surface area contributed by atoms with E-state index in [-0.39, 0.29) is 0 Å². The Hall–Kier alpha value is -8.75. The molecule has 0 radical (unpaired) electrons. The summed E-state index contributed by atoms with van der Waals surface area (Å²) in [5.74, 6) is 18.6. The average Bonchev–Trinajstić information content (AvgIpc) is 1.62. The fourth-order valence-electron chi connectivity index (χ4n) is 29.4. The second-order valence-corrected chi connectivity index (χ2v) is 57.8. The van der Waals surface area contributed by atoms with Gasteiger partial charge in [0.15, 0.2) is 0 Å². The van der Waals surface area contributed by atoms with Crippen LogP contribution in [-0.4, -0.2) is 96.3 Å². The molecule has 6 fully saturated rings. The van der Waals surface area contributed by atoms with Crippen molar-refractivity contribution in [3.05, 3.63) is 312 Å². The summed E-state index contributed by atoms with van der Waals surface area (Å²) >= 11 is 0. The summed E-state index contributed by atoms with van der Waals surface area (Å²) in [6.45, 7) is 41.5.